The van der Waals surface area contributed by atoms with Crippen LogP contribution in [0.1, 0.15) is 37.0 Å². The molecule has 4 N–H and O–H groups in total. The number of aromatic nitrogens is 1. The van der Waals surface area contributed by atoms with Crippen LogP contribution in [0.25, 0.3) is 15.7 Å². The lowest BCUT2D eigenvalue weighted by molar-refractivity contribution is -0.134. The van der Waals surface area contributed by atoms with Gasteiger partial charge in [0.25, 0.3) is 5.91 Å². The summed E-state index contributed by atoms with van der Waals surface area (Å²) in [5.41, 5.74) is 11.9. The Morgan fingerprint density at radius 3 is 2.77 bits per heavy atom. The second kappa shape index (κ2) is 8.97. The number of hydrogen-bond acceptors (Lipinski definition) is 6. The van der Waals surface area contributed by atoms with Crippen molar-refractivity contribution in [3.8, 4) is 11.5 Å². The molecular weight excluding hydrogens is 386 g/mol. The van der Waals surface area contributed by atoms with Crippen LogP contribution in [-0.2, 0) is 4.79 Å². The third-order valence-corrected chi connectivity index (χ3v) is 4.81. The molecule has 1 aliphatic heterocycles. The van der Waals surface area contributed by atoms with Crippen LogP contribution >= 0.6 is 0 Å². The van der Waals surface area contributed by atoms with Crippen molar-refractivity contribution < 1.29 is 19.1 Å². The molecule has 2 amide bonds. The standard InChI is InChI=1S/C21H25N5O4/c1-12(2)29-18-10-14-16(9-15(18)20(23)27)25-7-6-17(14)30-13-5-4-8-26(11-13)21(28)19(22)24-3/h6-7,9-10,12-13,19H,4-5,8,11,22H2,1-2H3,(H2,23,27)/t13-,19+/m1/s1. The fourth-order valence-corrected chi connectivity index (χ4v) is 3.45. The van der Waals surface area contributed by atoms with Crippen molar-refractivity contribution in [1.29, 1.82) is 0 Å². The number of primary amides is 1. The van der Waals surface area contributed by atoms with Crippen LogP contribution < -0.4 is 20.9 Å². The van der Waals surface area contributed by atoms with Gasteiger partial charge in [0.1, 0.15) is 17.6 Å². The summed E-state index contributed by atoms with van der Waals surface area (Å²) in [6, 6.07) is 5.03. The summed E-state index contributed by atoms with van der Waals surface area (Å²) in [7, 11) is 0. The van der Waals surface area contributed by atoms with E-state index in [2.05, 4.69) is 9.83 Å². The maximum absolute atomic E-state index is 12.2. The van der Waals surface area contributed by atoms with Gasteiger partial charge in [-0.05, 0) is 44.9 Å². The number of pyridine rings is 1. The Bertz CT molecular complexity index is 1000. The van der Waals surface area contributed by atoms with Gasteiger partial charge in [0, 0.05) is 18.1 Å². The summed E-state index contributed by atoms with van der Waals surface area (Å²) in [5, 5.41) is 0.680. The first kappa shape index (κ1) is 21.3. The van der Waals surface area contributed by atoms with E-state index >= 15 is 0 Å². The highest BCUT2D eigenvalue weighted by Crippen LogP contribution is 2.32. The molecule has 9 heteroatoms. The Balaban J connectivity index is 1.89. The molecule has 0 saturated carbocycles. The van der Waals surface area contributed by atoms with Crippen molar-refractivity contribution in [2.45, 2.75) is 45.1 Å². The SMILES string of the molecule is [C-]#[N+][C@H](N)C(=O)N1CCC[C@@H](Oc2ccnc3cc(C(N)=O)c(OC(C)C)cc23)C1. The van der Waals surface area contributed by atoms with E-state index in [1.54, 1.807) is 29.3 Å². The minimum Gasteiger partial charge on any atom is -0.490 e. The number of nitrogens with two attached hydrogens (primary N) is 2. The number of rotatable bonds is 6. The number of hydrogen-bond donors (Lipinski definition) is 2. The molecule has 1 fully saturated rings. The molecule has 0 bridgehead atoms. The highest BCUT2D eigenvalue weighted by molar-refractivity contribution is 6.01. The minimum absolute atomic E-state index is 0.147. The van der Waals surface area contributed by atoms with Crippen molar-refractivity contribution in [3.63, 3.8) is 0 Å². The summed E-state index contributed by atoms with van der Waals surface area (Å²) >= 11 is 0. The monoisotopic (exact) mass is 411 g/mol. The van der Waals surface area contributed by atoms with Gasteiger partial charge in [-0.1, -0.05) is 0 Å². The number of piperidine rings is 1. The summed E-state index contributed by atoms with van der Waals surface area (Å²) in [5.74, 6) is -0.0559. The number of carbonyl (C=O) groups is 2. The van der Waals surface area contributed by atoms with Crippen LogP contribution in [0.3, 0.4) is 0 Å². The molecule has 2 atom stereocenters. The fourth-order valence-electron chi connectivity index (χ4n) is 3.45. The first-order valence-corrected chi connectivity index (χ1v) is 9.77. The molecule has 2 aromatic rings. The van der Waals surface area contributed by atoms with E-state index in [0.29, 0.717) is 35.5 Å². The molecule has 158 valence electrons. The number of likely N-dealkylation sites (tertiary alicyclic amines) is 1. The van der Waals surface area contributed by atoms with Gasteiger partial charge >= 0.3 is 12.1 Å². The Morgan fingerprint density at radius 1 is 1.33 bits per heavy atom. The first-order chi connectivity index (χ1) is 14.3. The van der Waals surface area contributed by atoms with Crippen LogP contribution in [0.2, 0.25) is 0 Å². The van der Waals surface area contributed by atoms with Gasteiger partial charge in [-0.3, -0.25) is 25.2 Å². The highest BCUT2D eigenvalue weighted by atomic mass is 16.5. The maximum atomic E-state index is 12.2. The average Bonchev–Trinajstić information content (AvgIpc) is 2.72. The van der Waals surface area contributed by atoms with Crippen LogP contribution in [-0.4, -0.2) is 53.2 Å². The molecule has 1 aromatic heterocycles. The molecule has 1 aromatic carbocycles. The second-order valence-corrected chi connectivity index (χ2v) is 7.45. The molecule has 1 saturated heterocycles. The predicted octanol–water partition coefficient (Wildman–Crippen LogP) is 1.69. The van der Waals surface area contributed by atoms with Gasteiger partial charge in [0.05, 0.1) is 23.7 Å². The van der Waals surface area contributed by atoms with Crippen molar-refractivity contribution in [2.75, 3.05) is 13.1 Å². The zero-order valence-corrected chi connectivity index (χ0v) is 17.0. The average molecular weight is 411 g/mol. The van der Waals surface area contributed by atoms with Crippen molar-refractivity contribution >= 4 is 22.7 Å². The number of ether oxygens (including phenoxy) is 2. The summed E-state index contributed by atoms with van der Waals surface area (Å²) in [6.07, 6.45) is 1.51. The molecule has 1 aliphatic rings. The number of fused-ring (bicyclic) bond motifs is 1. The number of amides is 2. The van der Waals surface area contributed by atoms with Gasteiger partial charge in [0.15, 0.2) is 0 Å². The molecule has 0 radical (unpaired) electrons. The van der Waals surface area contributed by atoms with Gasteiger partial charge in [0.2, 0.25) is 0 Å². The zero-order chi connectivity index (χ0) is 21.8. The predicted molar refractivity (Wildman–Crippen MR) is 111 cm³/mol. The van der Waals surface area contributed by atoms with Gasteiger partial charge in [-0.15, -0.1) is 0 Å². The Labute approximate surface area is 174 Å². The normalized spacial score (nSPS) is 17.4. The third kappa shape index (κ3) is 4.60. The molecule has 0 aliphatic carbocycles. The quantitative estimate of drug-likeness (QED) is 0.697. The Kier molecular flexibility index (Phi) is 6.37. The Morgan fingerprint density at radius 2 is 2.10 bits per heavy atom. The first-order valence-electron chi connectivity index (χ1n) is 9.77. The highest BCUT2D eigenvalue weighted by Gasteiger charge is 2.31. The van der Waals surface area contributed by atoms with E-state index < -0.39 is 18.0 Å². The minimum atomic E-state index is -1.19. The number of benzene rings is 1. The lowest BCUT2D eigenvalue weighted by atomic mass is 10.1. The molecular formula is C21H25N5O4. The lowest BCUT2D eigenvalue weighted by Crippen LogP contribution is -2.49. The molecule has 0 unspecified atom stereocenters. The van der Waals surface area contributed by atoms with Crippen molar-refractivity contribution in [1.82, 2.24) is 9.88 Å². The topological polar surface area (TPSA) is 125 Å². The van der Waals surface area contributed by atoms with Gasteiger partial charge < -0.3 is 20.1 Å². The zero-order valence-electron chi connectivity index (χ0n) is 17.0. The smallest absolute Gasteiger partial charge is 0.352 e. The molecule has 0 spiro atoms. The Hall–Kier alpha value is -3.38. The molecule has 3 rings (SSSR count). The summed E-state index contributed by atoms with van der Waals surface area (Å²) in [4.78, 5) is 33.1. The van der Waals surface area contributed by atoms with E-state index in [1.165, 1.54) is 0 Å². The lowest BCUT2D eigenvalue weighted by Gasteiger charge is -2.32. The van der Waals surface area contributed by atoms with Crippen LogP contribution in [0.15, 0.2) is 24.4 Å². The van der Waals surface area contributed by atoms with E-state index in [0.717, 1.165) is 12.8 Å². The van der Waals surface area contributed by atoms with Gasteiger partial charge in [-0.25, -0.2) is 6.57 Å². The fraction of sp³-hybridized carbons (Fsp3) is 0.429. The molecule has 9 nitrogen and oxygen atoms in total. The van der Waals surface area contributed by atoms with E-state index in [4.69, 9.17) is 27.5 Å². The molecule has 30 heavy (non-hydrogen) atoms. The van der Waals surface area contributed by atoms with E-state index in [-0.39, 0.29) is 17.8 Å². The van der Waals surface area contributed by atoms with Crippen LogP contribution in [0.4, 0.5) is 0 Å². The third-order valence-electron chi connectivity index (χ3n) is 4.81. The van der Waals surface area contributed by atoms with E-state index in [9.17, 15) is 9.59 Å². The maximum Gasteiger partial charge on any atom is 0.352 e. The number of nitrogens with zero attached hydrogens (tertiary/aromatic N) is 3. The van der Waals surface area contributed by atoms with Crippen molar-refractivity contribution in [3.05, 3.63) is 41.4 Å². The van der Waals surface area contributed by atoms with E-state index in [1.807, 2.05) is 13.8 Å². The second-order valence-electron chi connectivity index (χ2n) is 7.45. The van der Waals surface area contributed by atoms with Crippen molar-refractivity contribution in [2.24, 2.45) is 11.5 Å². The number of carbonyl (C=O) groups excluding carboxylic acids is 2. The van der Waals surface area contributed by atoms with Crippen LogP contribution in [0.5, 0.6) is 11.5 Å². The molecule has 2 heterocycles. The van der Waals surface area contributed by atoms with Crippen LogP contribution in [0, 0.1) is 6.57 Å². The summed E-state index contributed by atoms with van der Waals surface area (Å²) in [6.45, 7) is 11.6. The summed E-state index contributed by atoms with van der Waals surface area (Å²) < 4.78 is 12.0. The largest absolute Gasteiger partial charge is 0.490 e. The van der Waals surface area contributed by atoms with Gasteiger partial charge in [-0.2, -0.15) is 0 Å².